The molecule has 0 aromatic heterocycles. The molecule has 0 aliphatic carbocycles. The van der Waals surface area contributed by atoms with E-state index in [0.717, 1.165) is 0 Å². The van der Waals surface area contributed by atoms with Crippen molar-refractivity contribution >= 4 is 23.8 Å². The minimum atomic E-state index is -0.0185. The Morgan fingerprint density at radius 3 is 3.50 bits per heavy atom. The Balaban J connectivity index is 2.64. The molecule has 1 rings (SSSR count). The van der Waals surface area contributed by atoms with E-state index in [1.807, 2.05) is 0 Å². The fourth-order valence-corrected chi connectivity index (χ4v) is 0.849. The van der Waals surface area contributed by atoms with Crippen LogP contribution in [0.3, 0.4) is 0 Å². The van der Waals surface area contributed by atoms with Gasteiger partial charge in [-0.05, 0) is 11.5 Å². The Kier molecular flexibility index (Phi) is 1.86. The molecule has 0 saturated heterocycles. The second-order valence-electron chi connectivity index (χ2n) is 1.31. The average molecular weight is 127 g/mol. The summed E-state index contributed by atoms with van der Waals surface area (Å²) in [7, 11) is 0. The number of nitrogens with zero attached hydrogens (tertiary/aromatic N) is 1. The van der Waals surface area contributed by atoms with Crippen molar-refractivity contribution in [2.45, 2.75) is 0 Å². The molecule has 0 saturated carbocycles. The highest BCUT2D eigenvalue weighted by Gasteiger charge is 1.91. The fourth-order valence-electron chi connectivity index (χ4n) is 0.372. The highest BCUT2D eigenvalue weighted by Crippen LogP contribution is 2.03. The first-order valence-electron chi connectivity index (χ1n) is 2.21. The summed E-state index contributed by atoms with van der Waals surface area (Å²) in [6.07, 6.45) is 2.86. The Bertz CT molecular complexity index is 135. The normalized spacial score (nSPS) is 18.8. The maximum absolute atomic E-state index is 10.4. The Morgan fingerprint density at radius 1 is 1.75 bits per heavy atom. The first kappa shape index (κ1) is 5.56. The maximum Gasteiger partial charge on any atom is 0.196 e. The molecule has 0 fully saturated rings. The van der Waals surface area contributed by atoms with Crippen molar-refractivity contribution < 1.29 is 4.79 Å². The van der Waals surface area contributed by atoms with E-state index in [1.54, 1.807) is 5.41 Å². The molecule has 3 heteroatoms. The van der Waals surface area contributed by atoms with Gasteiger partial charge in [-0.2, -0.15) is 0 Å². The standard InChI is InChI=1S/C5H5NOS/c7-5-1-2-8-4-6-3-5/h1-3H,4H2. The molecule has 2 nitrogen and oxygen atoms in total. The van der Waals surface area contributed by atoms with Gasteiger partial charge in [-0.15, -0.1) is 11.8 Å². The fraction of sp³-hybridized carbons (Fsp3) is 0.200. The molecular formula is C5H5NOS. The van der Waals surface area contributed by atoms with Crippen LogP contribution in [0.5, 0.6) is 0 Å². The maximum atomic E-state index is 10.4. The van der Waals surface area contributed by atoms with E-state index >= 15 is 0 Å². The van der Waals surface area contributed by atoms with Gasteiger partial charge in [0.2, 0.25) is 0 Å². The summed E-state index contributed by atoms with van der Waals surface area (Å²) < 4.78 is 0. The molecule has 0 aromatic rings. The lowest BCUT2D eigenvalue weighted by molar-refractivity contribution is -0.108. The molecule has 42 valence electrons. The average Bonchev–Trinajstić information content (AvgIpc) is 1.94. The van der Waals surface area contributed by atoms with Gasteiger partial charge in [0.25, 0.3) is 0 Å². The van der Waals surface area contributed by atoms with Gasteiger partial charge in [0, 0.05) is 0 Å². The number of aliphatic imine (C=N–C) groups is 1. The molecule has 0 aromatic carbocycles. The van der Waals surface area contributed by atoms with Crippen LogP contribution in [0.15, 0.2) is 16.5 Å². The summed E-state index contributed by atoms with van der Waals surface area (Å²) in [6, 6.07) is 0. The van der Waals surface area contributed by atoms with Crippen LogP contribution >= 0.6 is 11.8 Å². The zero-order valence-corrected chi connectivity index (χ0v) is 5.02. The summed E-state index contributed by atoms with van der Waals surface area (Å²) in [6.45, 7) is 0. The molecule has 1 heterocycles. The molecule has 8 heavy (non-hydrogen) atoms. The van der Waals surface area contributed by atoms with Crippen LogP contribution in [0.1, 0.15) is 0 Å². The van der Waals surface area contributed by atoms with E-state index in [2.05, 4.69) is 4.99 Å². The minimum Gasteiger partial charge on any atom is -0.288 e. The highest BCUT2D eigenvalue weighted by molar-refractivity contribution is 8.02. The van der Waals surface area contributed by atoms with E-state index in [4.69, 9.17) is 0 Å². The number of ketones is 1. The van der Waals surface area contributed by atoms with Crippen LogP contribution in [0.2, 0.25) is 0 Å². The Hall–Kier alpha value is -0.570. The van der Waals surface area contributed by atoms with Crippen LogP contribution in [-0.2, 0) is 4.79 Å². The molecule has 0 unspecified atom stereocenters. The third kappa shape index (κ3) is 1.50. The summed E-state index contributed by atoms with van der Waals surface area (Å²) in [5.74, 6) is 0.650. The number of carbonyl (C=O) groups excluding carboxylic acids is 1. The minimum absolute atomic E-state index is 0.0185. The molecule has 0 amide bonds. The molecule has 0 N–H and O–H groups in total. The molecule has 0 atom stereocenters. The SMILES string of the molecule is O=C1C=CSCN=C1. The molecule has 1 aliphatic rings. The number of rotatable bonds is 0. The van der Waals surface area contributed by atoms with Gasteiger partial charge in [0.15, 0.2) is 5.78 Å². The number of carbonyl (C=O) groups is 1. The lowest BCUT2D eigenvalue weighted by Crippen LogP contribution is -1.90. The van der Waals surface area contributed by atoms with Crippen molar-refractivity contribution in [3.05, 3.63) is 11.5 Å². The second kappa shape index (κ2) is 2.67. The highest BCUT2D eigenvalue weighted by atomic mass is 32.2. The first-order chi connectivity index (χ1) is 3.89. The van der Waals surface area contributed by atoms with E-state index in [0.29, 0.717) is 5.88 Å². The van der Waals surface area contributed by atoms with Crippen LogP contribution in [-0.4, -0.2) is 17.9 Å². The zero-order chi connectivity index (χ0) is 5.82. The van der Waals surface area contributed by atoms with Crippen molar-refractivity contribution in [1.29, 1.82) is 0 Å². The van der Waals surface area contributed by atoms with Crippen molar-refractivity contribution in [2.75, 3.05) is 5.88 Å². The summed E-state index contributed by atoms with van der Waals surface area (Å²) in [5, 5.41) is 1.76. The van der Waals surface area contributed by atoms with Gasteiger partial charge in [-0.1, -0.05) is 0 Å². The summed E-state index contributed by atoms with van der Waals surface area (Å²) in [4.78, 5) is 14.2. The monoisotopic (exact) mass is 127 g/mol. The largest absolute Gasteiger partial charge is 0.288 e. The van der Waals surface area contributed by atoms with Crippen molar-refractivity contribution in [2.24, 2.45) is 4.99 Å². The molecule has 1 aliphatic heterocycles. The number of hydrogen-bond acceptors (Lipinski definition) is 3. The van der Waals surface area contributed by atoms with E-state index in [1.165, 1.54) is 24.1 Å². The Labute approximate surface area is 51.7 Å². The smallest absolute Gasteiger partial charge is 0.196 e. The molecule has 0 radical (unpaired) electrons. The van der Waals surface area contributed by atoms with Crippen LogP contribution in [0, 0.1) is 0 Å². The van der Waals surface area contributed by atoms with E-state index in [-0.39, 0.29) is 5.78 Å². The van der Waals surface area contributed by atoms with Crippen LogP contribution in [0.25, 0.3) is 0 Å². The van der Waals surface area contributed by atoms with Gasteiger partial charge >= 0.3 is 0 Å². The first-order valence-corrected chi connectivity index (χ1v) is 3.26. The predicted octanol–water partition coefficient (Wildman–Crippen LogP) is 0.844. The Morgan fingerprint density at radius 2 is 2.62 bits per heavy atom. The third-order valence-electron chi connectivity index (χ3n) is 0.696. The van der Waals surface area contributed by atoms with Crippen molar-refractivity contribution in [3.63, 3.8) is 0 Å². The second-order valence-corrected chi connectivity index (χ2v) is 2.18. The lowest BCUT2D eigenvalue weighted by atomic mass is 10.4. The van der Waals surface area contributed by atoms with Crippen LogP contribution in [0.4, 0.5) is 0 Å². The number of allylic oxidation sites excluding steroid dienone is 1. The van der Waals surface area contributed by atoms with Gasteiger partial charge < -0.3 is 0 Å². The third-order valence-corrected chi connectivity index (χ3v) is 1.32. The molecule has 0 spiro atoms. The van der Waals surface area contributed by atoms with Crippen LogP contribution < -0.4 is 0 Å². The van der Waals surface area contributed by atoms with E-state index < -0.39 is 0 Å². The van der Waals surface area contributed by atoms with Gasteiger partial charge in [0.05, 0.1) is 12.1 Å². The predicted molar refractivity (Wildman–Crippen MR) is 35.1 cm³/mol. The number of hydrogen-bond donors (Lipinski definition) is 0. The lowest BCUT2D eigenvalue weighted by Gasteiger charge is -1.77. The van der Waals surface area contributed by atoms with Gasteiger partial charge in [0.1, 0.15) is 0 Å². The van der Waals surface area contributed by atoms with Crippen molar-refractivity contribution in [3.8, 4) is 0 Å². The van der Waals surface area contributed by atoms with Crippen molar-refractivity contribution in [1.82, 2.24) is 0 Å². The topological polar surface area (TPSA) is 29.4 Å². The summed E-state index contributed by atoms with van der Waals surface area (Å²) in [5.41, 5.74) is 0. The van der Waals surface area contributed by atoms with E-state index in [9.17, 15) is 4.79 Å². The summed E-state index contributed by atoms with van der Waals surface area (Å²) >= 11 is 1.52. The molecular weight excluding hydrogens is 122 g/mol. The van der Waals surface area contributed by atoms with Gasteiger partial charge in [-0.3, -0.25) is 9.79 Å². The van der Waals surface area contributed by atoms with Gasteiger partial charge in [-0.25, -0.2) is 0 Å². The zero-order valence-electron chi connectivity index (χ0n) is 4.20. The number of thioether (sulfide) groups is 1. The molecule has 0 bridgehead atoms. The quantitative estimate of drug-likeness (QED) is 0.482.